The normalized spacial score (nSPS) is 12.5. The van der Waals surface area contributed by atoms with Crippen LogP contribution in [-0.2, 0) is 0 Å². The number of hydrogen-bond donors (Lipinski definition) is 1. The minimum Gasteiger partial charge on any atom is -0.309 e. The number of rotatable bonds is 5. The molecule has 2 rings (SSSR count). The molecule has 0 saturated heterocycles. The van der Waals surface area contributed by atoms with Gasteiger partial charge in [0, 0.05) is 17.2 Å². The molecule has 1 unspecified atom stereocenters. The molecule has 1 atom stereocenters. The molecule has 1 aromatic carbocycles. The molecule has 0 spiro atoms. The van der Waals surface area contributed by atoms with E-state index in [2.05, 4.69) is 47.8 Å². The second-order valence-corrected chi connectivity index (χ2v) is 5.01. The second kappa shape index (κ2) is 5.86. The van der Waals surface area contributed by atoms with Gasteiger partial charge >= 0.3 is 0 Å². The molecule has 1 heterocycles. The number of benzene rings is 1. The van der Waals surface area contributed by atoms with E-state index in [1.807, 2.05) is 0 Å². The summed E-state index contributed by atoms with van der Waals surface area (Å²) in [6.45, 7) is 3.18. The quantitative estimate of drug-likeness (QED) is 0.784. The van der Waals surface area contributed by atoms with Crippen molar-refractivity contribution in [1.82, 2.24) is 5.32 Å². The minimum atomic E-state index is 0.288. The summed E-state index contributed by atoms with van der Waals surface area (Å²) in [4.78, 5) is 0. The van der Waals surface area contributed by atoms with Crippen LogP contribution >= 0.6 is 11.3 Å². The van der Waals surface area contributed by atoms with E-state index in [-0.39, 0.29) is 6.04 Å². The standard InChI is InChI=1S/C15H17NS/c1-3-7-14(16-10-4-2)13-11-17-15-9-6-5-8-12(13)15/h1,5-6,8-9,11,14,16H,4,7,10H2,2H3. The molecule has 0 bridgehead atoms. The Kier molecular flexibility index (Phi) is 4.19. The van der Waals surface area contributed by atoms with Crippen molar-refractivity contribution in [3.05, 3.63) is 35.2 Å². The minimum absolute atomic E-state index is 0.288. The lowest BCUT2D eigenvalue weighted by atomic mass is 10.0. The third-order valence-electron chi connectivity index (χ3n) is 2.85. The molecule has 88 valence electrons. The molecule has 0 fully saturated rings. The van der Waals surface area contributed by atoms with Crippen molar-refractivity contribution in [3.63, 3.8) is 0 Å². The van der Waals surface area contributed by atoms with Gasteiger partial charge in [0.2, 0.25) is 0 Å². The van der Waals surface area contributed by atoms with E-state index < -0.39 is 0 Å². The first-order valence-corrected chi connectivity index (χ1v) is 6.87. The van der Waals surface area contributed by atoms with E-state index in [1.165, 1.54) is 15.6 Å². The first-order chi connectivity index (χ1) is 8.36. The average molecular weight is 243 g/mol. The van der Waals surface area contributed by atoms with Crippen LogP contribution in [0.5, 0.6) is 0 Å². The van der Waals surface area contributed by atoms with Crippen molar-refractivity contribution >= 4 is 21.4 Å². The molecule has 1 nitrogen and oxygen atoms in total. The molecule has 1 N–H and O–H groups in total. The summed E-state index contributed by atoms with van der Waals surface area (Å²) in [7, 11) is 0. The van der Waals surface area contributed by atoms with Gasteiger partial charge in [0.25, 0.3) is 0 Å². The van der Waals surface area contributed by atoms with Gasteiger partial charge in [-0.3, -0.25) is 0 Å². The number of terminal acetylenes is 1. The molecule has 0 aliphatic carbocycles. The zero-order valence-corrected chi connectivity index (χ0v) is 10.9. The van der Waals surface area contributed by atoms with Crippen LogP contribution in [0.25, 0.3) is 10.1 Å². The molecular formula is C15H17NS. The molecule has 17 heavy (non-hydrogen) atoms. The van der Waals surface area contributed by atoms with Gasteiger partial charge in [-0.15, -0.1) is 23.7 Å². The van der Waals surface area contributed by atoms with Crippen LogP contribution in [0.4, 0.5) is 0 Å². The molecule has 0 aliphatic heterocycles. The van der Waals surface area contributed by atoms with Crippen LogP contribution in [-0.4, -0.2) is 6.54 Å². The summed E-state index contributed by atoms with van der Waals surface area (Å²) >= 11 is 1.79. The molecule has 2 heteroatoms. The smallest absolute Gasteiger partial charge is 0.0445 e. The fourth-order valence-corrected chi connectivity index (χ4v) is 3.01. The molecule has 0 aliphatic rings. The van der Waals surface area contributed by atoms with Gasteiger partial charge in [0.15, 0.2) is 0 Å². The fourth-order valence-electron chi connectivity index (χ4n) is 2.00. The van der Waals surface area contributed by atoms with E-state index in [0.717, 1.165) is 19.4 Å². The van der Waals surface area contributed by atoms with Crippen LogP contribution in [0.3, 0.4) is 0 Å². The number of thiophene rings is 1. The van der Waals surface area contributed by atoms with E-state index in [0.29, 0.717) is 0 Å². The zero-order chi connectivity index (χ0) is 12.1. The molecule has 0 saturated carbocycles. The highest BCUT2D eigenvalue weighted by atomic mass is 32.1. The van der Waals surface area contributed by atoms with Crippen LogP contribution in [0, 0.1) is 12.3 Å². The Morgan fingerprint density at radius 2 is 2.24 bits per heavy atom. The first kappa shape index (κ1) is 12.2. The van der Waals surface area contributed by atoms with Crippen LogP contribution < -0.4 is 5.32 Å². The summed E-state index contributed by atoms with van der Waals surface area (Å²) in [5, 5.41) is 7.10. The highest BCUT2D eigenvalue weighted by Crippen LogP contribution is 2.31. The summed E-state index contributed by atoms with van der Waals surface area (Å²) in [5.41, 5.74) is 1.34. The average Bonchev–Trinajstić information content (AvgIpc) is 2.78. The molecule has 2 aromatic rings. The topological polar surface area (TPSA) is 12.0 Å². The maximum atomic E-state index is 5.46. The Bertz CT molecular complexity index is 521. The van der Waals surface area contributed by atoms with Gasteiger partial charge in [-0.2, -0.15) is 0 Å². The Balaban J connectivity index is 2.31. The number of nitrogens with one attached hydrogen (secondary N) is 1. The lowest BCUT2D eigenvalue weighted by Gasteiger charge is -2.15. The second-order valence-electron chi connectivity index (χ2n) is 4.10. The lowest BCUT2D eigenvalue weighted by molar-refractivity contribution is 0.547. The van der Waals surface area contributed by atoms with Gasteiger partial charge in [0.1, 0.15) is 0 Å². The molecule has 0 radical (unpaired) electrons. The van der Waals surface area contributed by atoms with Crippen molar-refractivity contribution in [1.29, 1.82) is 0 Å². The first-order valence-electron chi connectivity index (χ1n) is 5.99. The summed E-state index contributed by atoms with van der Waals surface area (Å²) in [6, 6.07) is 8.80. The summed E-state index contributed by atoms with van der Waals surface area (Å²) in [5.74, 6) is 2.77. The van der Waals surface area contributed by atoms with Gasteiger partial charge < -0.3 is 5.32 Å². The van der Waals surface area contributed by atoms with Crippen molar-refractivity contribution in [2.45, 2.75) is 25.8 Å². The lowest BCUT2D eigenvalue weighted by Crippen LogP contribution is -2.21. The zero-order valence-electron chi connectivity index (χ0n) is 10.1. The Morgan fingerprint density at radius 3 is 3.00 bits per heavy atom. The Morgan fingerprint density at radius 1 is 1.41 bits per heavy atom. The fraction of sp³-hybridized carbons (Fsp3) is 0.333. The third-order valence-corrected chi connectivity index (χ3v) is 3.83. The maximum Gasteiger partial charge on any atom is 0.0445 e. The van der Waals surface area contributed by atoms with Crippen molar-refractivity contribution in [2.24, 2.45) is 0 Å². The van der Waals surface area contributed by atoms with Crippen molar-refractivity contribution < 1.29 is 0 Å². The van der Waals surface area contributed by atoms with Crippen LogP contribution in [0.15, 0.2) is 29.6 Å². The third kappa shape index (κ3) is 2.69. The largest absolute Gasteiger partial charge is 0.309 e. The number of fused-ring (bicyclic) bond motifs is 1. The molecular weight excluding hydrogens is 226 g/mol. The molecule has 1 aromatic heterocycles. The number of hydrogen-bond acceptors (Lipinski definition) is 2. The van der Waals surface area contributed by atoms with Gasteiger partial charge in [0.05, 0.1) is 0 Å². The van der Waals surface area contributed by atoms with Gasteiger partial charge in [-0.05, 0) is 35.4 Å². The van der Waals surface area contributed by atoms with Crippen molar-refractivity contribution in [2.75, 3.05) is 6.54 Å². The van der Waals surface area contributed by atoms with Crippen LogP contribution in [0.1, 0.15) is 31.4 Å². The summed E-state index contributed by atoms with van der Waals surface area (Å²) in [6.07, 6.45) is 7.34. The van der Waals surface area contributed by atoms with Crippen LogP contribution in [0.2, 0.25) is 0 Å². The monoisotopic (exact) mass is 243 g/mol. The van der Waals surface area contributed by atoms with E-state index >= 15 is 0 Å². The van der Waals surface area contributed by atoms with Gasteiger partial charge in [-0.1, -0.05) is 25.1 Å². The molecule has 0 amide bonds. The highest BCUT2D eigenvalue weighted by molar-refractivity contribution is 7.17. The predicted molar refractivity (Wildman–Crippen MR) is 76.3 cm³/mol. The van der Waals surface area contributed by atoms with Crippen molar-refractivity contribution in [3.8, 4) is 12.3 Å². The van der Waals surface area contributed by atoms with E-state index in [4.69, 9.17) is 6.42 Å². The van der Waals surface area contributed by atoms with E-state index in [1.54, 1.807) is 11.3 Å². The highest BCUT2D eigenvalue weighted by Gasteiger charge is 2.13. The SMILES string of the molecule is C#CCC(NCCC)c1csc2ccccc12. The predicted octanol–water partition coefficient (Wildman–Crippen LogP) is 3.97. The van der Waals surface area contributed by atoms with E-state index in [9.17, 15) is 0 Å². The maximum absolute atomic E-state index is 5.46. The Labute approximate surface area is 107 Å². The summed E-state index contributed by atoms with van der Waals surface area (Å²) < 4.78 is 1.34. The Hall–Kier alpha value is -1.30. The van der Waals surface area contributed by atoms with Gasteiger partial charge in [-0.25, -0.2) is 0 Å².